The number of aliphatic carboxylic acids is 1. The number of nitrogens with one attached hydrogen (secondary N) is 2. The van der Waals surface area contributed by atoms with Crippen LogP contribution < -0.4 is 16.4 Å². The fraction of sp³-hybridized carbons (Fsp3) is 0.833. The van der Waals surface area contributed by atoms with Crippen molar-refractivity contribution >= 4 is 11.9 Å². The van der Waals surface area contributed by atoms with Crippen LogP contribution in [0.25, 0.3) is 0 Å². The molecule has 0 bridgehead atoms. The smallest absolute Gasteiger partial charge is 0.320 e. The van der Waals surface area contributed by atoms with Gasteiger partial charge in [-0.3, -0.25) is 9.59 Å². The predicted molar refractivity (Wildman–Crippen MR) is 71.8 cm³/mol. The Morgan fingerprint density at radius 3 is 2.68 bits per heavy atom. The van der Waals surface area contributed by atoms with Gasteiger partial charge in [0.2, 0.25) is 5.91 Å². The van der Waals surface area contributed by atoms with E-state index in [0.717, 1.165) is 32.7 Å². The summed E-state index contributed by atoms with van der Waals surface area (Å²) in [7, 11) is 0. The fourth-order valence-corrected chi connectivity index (χ4v) is 1.96. The van der Waals surface area contributed by atoms with Gasteiger partial charge < -0.3 is 26.4 Å². The number of hydrogen-bond donors (Lipinski definition) is 4. The molecular weight excluding hydrogens is 248 g/mol. The molecule has 0 unspecified atom stereocenters. The van der Waals surface area contributed by atoms with Crippen LogP contribution in [0.3, 0.4) is 0 Å². The number of hydrogen-bond acceptors (Lipinski definition) is 5. The van der Waals surface area contributed by atoms with E-state index in [4.69, 9.17) is 10.8 Å². The molecular formula is C12H24N4O3. The Morgan fingerprint density at radius 1 is 1.37 bits per heavy atom. The molecule has 1 aliphatic heterocycles. The van der Waals surface area contributed by atoms with Crippen molar-refractivity contribution < 1.29 is 14.7 Å². The summed E-state index contributed by atoms with van der Waals surface area (Å²) in [5.41, 5.74) is 5.36. The van der Waals surface area contributed by atoms with Crippen LogP contribution in [0.2, 0.25) is 0 Å². The number of nitrogens with zero attached hydrogens (tertiary/aromatic N) is 1. The van der Waals surface area contributed by atoms with Gasteiger partial charge in [0.1, 0.15) is 6.04 Å². The van der Waals surface area contributed by atoms with Crippen molar-refractivity contribution in [2.45, 2.75) is 25.3 Å². The highest BCUT2D eigenvalue weighted by Gasteiger charge is 2.12. The van der Waals surface area contributed by atoms with Crippen LogP contribution in [-0.2, 0) is 9.59 Å². The molecule has 0 aromatic heterocycles. The molecule has 1 rings (SSSR count). The van der Waals surface area contributed by atoms with Crippen LogP contribution in [0.15, 0.2) is 0 Å². The van der Waals surface area contributed by atoms with Gasteiger partial charge in [0.05, 0.1) is 0 Å². The van der Waals surface area contributed by atoms with E-state index in [1.54, 1.807) is 0 Å². The summed E-state index contributed by atoms with van der Waals surface area (Å²) in [6.07, 6.45) is 1.46. The van der Waals surface area contributed by atoms with Gasteiger partial charge in [-0.05, 0) is 12.8 Å². The van der Waals surface area contributed by atoms with Crippen molar-refractivity contribution in [3.05, 3.63) is 0 Å². The van der Waals surface area contributed by atoms with Crippen LogP contribution in [0.5, 0.6) is 0 Å². The van der Waals surface area contributed by atoms with Gasteiger partial charge in [-0.2, -0.15) is 0 Å². The van der Waals surface area contributed by atoms with Gasteiger partial charge in [-0.25, -0.2) is 0 Å². The summed E-state index contributed by atoms with van der Waals surface area (Å²) in [6, 6.07) is -0.835. The molecule has 0 saturated carbocycles. The second-order valence-electron chi connectivity index (χ2n) is 4.78. The van der Waals surface area contributed by atoms with Gasteiger partial charge in [-0.15, -0.1) is 0 Å². The molecule has 0 aromatic rings. The summed E-state index contributed by atoms with van der Waals surface area (Å²) in [5, 5.41) is 14.6. The molecule has 0 radical (unpaired) electrons. The van der Waals surface area contributed by atoms with Crippen LogP contribution >= 0.6 is 0 Å². The van der Waals surface area contributed by atoms with Crippen molar-refractivity contribution in [1.29, 1.82) is 0 Å². The van der Waals surface area contributed by atoms with Crippen molar-refractivity contribution in [3.63, 3.8) is 0 Å². The number of rotatable bonds is 8. The zero-order valence-electron chi connectivity index (χ0n) is 11.2. The first-order valence-electron chi connectivity index (χ1n) is 6.78. The highest BCUT2D eigenvalue weighted by Crippen LogP contribution is 1.96. The Morgan fingerprint density at radius 2 is 2.05 bits per heavy atom. The number of amides is 1. The van der Waals surface area contributed by atoms with Gasteiger partial charge in [-0.1, -0.05) is 0 Å². The van der Waals surface area contributed by atoms with Crippen LogP contribution in [-0.4, -0.2) is 67.2 Å². The Hall–Kier alpha value is -1.18. The molecule has 19 heavy (non-hydrogen) atoms. The molecule has 0 spiro atoms. The Kier molecular flexibility index (Phi) is 7.39. The van der Waals surface area contributed by atoms with Crippen molar-refractivity contribution in [2.75, 3.05) is 39.3 Å². The monoisotopic (exact) mass is 272 g/mol. The summed E-state index contributed by atoms with van der Waals surface area (Å²) in [6.45, 7) is 5.20. The number of piperazine rings is 1. The summed E-state index contributed by atoms with van der Waals surface area (Å²) in [4.78, 5) is 24.3. The lowest BCUT2D eigenvalue weighted by Gasteiger charge is -2.26. The zero-order chi connectivity index (χ0) is 14.1. The maximum atomic E-state index is 11.6. The molecule has 1 aliphatic rings. The van der Waals surface area contributed by atoms with Gasteiger partial charge in [0, 0.05) is 45.7 Å². The number of nitrogens with two attached hydrogens (primary N) is 1. The number of carbonyl (C=O) groups is 2. The predicted octanol–water partition coefficient (Wildman–Crippen LogP) is -1.41. The standard InChI is InChI=1S/C12H24N4O3/c13-10(12(18)19)2-1-4-15-11(17)3-7-16-8-5-14-6-9-16/h10,14H,1-9,13H2,(H,15,17)(H,18,19)/t10-/m0/s1. The first-order valence-corrected chi connectivity index (χ1v) is 6.78. The molecule has 1 amide bonds. The minimum absolute atomic E-state index is 0.0161. The molecule has 0 aliphatic carbocycles. The quantitative estimate of drug-likeness (QED) is 0.404. The minimum Gasteiger partial charge on any atom is -0.480 e. The SMILES string of the molecule is N[C@@H](CCCNC(=O)CCN1CCNCC1)C(=O)O. The number of carboxylic acids is 1. The number of carbonyl (C=O) groups excluding carboxylic acids is 1. The molecule has 5 N–H and O–H groups in total. The maximum Gasteiger partial charge on any atom is 0.320 e. The van der Waals surface area contributed by atoms with Crippen LogP contribution in [0.1, 0.15) is 19.3 Å². The third-order valence-electron chi connectivity index (χ3n) is 3.20. The van der Waals surface area contributed by atoms with E-state index in [9.17, 15) is 9.59 Å². The molecule has 110 valence electrons. The van der Waals surface area contributed by atoms with Crippen molar-refractivity contribution in [3.8, 4) is 0 Å². The summed E-state index contributed by atoms with van der Waals surface area (Å²) in [5.74, 6) is -0.979. The minimum atomic E-state index is -0.995. The van der Waals surface area contributed by atoms with E-state index in [-0.39, 0.29) is 5.91 Å². The van der Waals surface area contributed by atoms with E-state index in [1.807, 2.05) is 0 Å². The third-order valence-corrected chi connectivity index (χ3v) is 3.20. The van der Waals surface area contributed by atoms with E-state index in [0.29, 0.717) is 25.8 Å². The molecule has 1 fully saturated rings. The van der Waals surface area contributed by atoms with Crippen molar-refractivity contribution in [1.82, 2.24) is 15.5 Å². The van der Waals surface area contributed by atoms with E-state index in [2.05, 4.69) is 15.5 Å². The Balaban J connectivity index is 2.00. The fourth-order valence-electron chi connectivity index (χ4n) is 1.96. The second-order valence-corrected chi connectivity index (χ2v) is 4.78. The van der Waals surface area contributed by atoms with Crippen LogP contribution in [0.4, 0.5) is 0 Å². The van der Waals surface area contributed by atoms with Crippen LogP contribution in [0, 0.1) is 0 Å². The van der Waals surface area contributed by atoms with Gasteiger partial charge >= 0.3 is 5.97 Å². The first kappa shape index (κ1) is 15.9. The topological polar surface area (TPSA) is 108 Å². The highest BCUT2D eigenvalue weighted by molar-refractivity contribution is 5.76. The lowest BCUT2D eigenvalue weighted by Crippen LogP contribution is -2.44. The molecule has 7 nitrogen and oxygen atoms in total. The van der Waals surface area contributed by atoms with E-state index in [1.165, 1.54) is 0 Å². The summed E-state index contributed by atoms with van der Waals surface area (Å²) >= 11 is 0. The van der Waals surface area contributed by atoms with Crippen molar-refractivity contribution in [2.24, 2.45) is 5.73 Å². The Labute approximate surface area is 113 Å². The Bertz CT molecular complexity index is 293. The second kappa shape index (κ2) is 8.84. The maximum absolute atomic E-state index is 11.6. The summed E-state index contributed by atoms with van der Waals surface area (Å²) < 4.78 is 0. The van der Waals surface area contributed by atoms with E-state index < -0.39 is 12.0 Å². The average molecular weight is 272 g/mol. The molecule has 7 heteroatoms. The molecule has 1 atom stereocenters. The third kappa shape index (κ3) is 7.09. The lowest BCUT2D eigenvalue weighted by molar-refractivity contribution is -0.138. The highest BCUT2D eigenvalue weighted by atomic mass is 16.4. The molecule has 0 aromatic carbocycles. The zero-order valence-corrected chi connectivity index (χ0v) is 11.2. The molecule has 1 heterocycles. The van der Waals surface area contributed by atoms with Gasteiger partial charge in [0.25, 0.3) is 0 Å². The van der Waals surface area contributed by atoms with E-state index >= 15 is 0 Å². The lowest BCUT2D eigenvalue weighted by atomic mass is 10.2. The normalized spacial score (nSPS) is 17.9. The molecule has 1 saturated heterocycles. The number of carboxylic acid groups (broad SMARTS) is 1. The average Bonchev–Trinajstić information content (AvgIpc) is 2.42. The largest absolute Gasteiger partial charge is 0.480 e. The first-order chi connectivity index (χ1) is 9.09. The van der Waals surface area contributed by atoms with Gasteiger partial charge in [0.15, 0.2) is 0 Å².